The van der Waals surface area contributed by atoms with Crippen molar-refractivity contribution in [2.75, 3.05) is 19.0 Å². The lowest BCUT2D eigenvalue weighted by Gasteiger charge is -2.17. The van der Waals surface area contributed by atoms with Gasteiger partial charge in [0.25, 0.3) is 0 Å². The zero-order valence-electron chi connectivity index (χ0n) is 12.0. The maximum absolute atomic E-state index is 8.48. The number of rotatable bonds is 6. The molecular formula is C16H17N3O2. The van der Waals surface area contributed by atoms with Crippen molar-refractivity contribution in [1.29, 1.82) is 5.26 Å². The van der Waals surface area contributed by atoms with Crippen LogP contribution < -0.4 is 14.8 Å². The standard InChI is InChI=1S/C16H17N3O2/c1-12(19-15-4-3-10-18-16(15)20-2)13-5-7-14(8-6-13)21-11-9-17/h3-8,10,12,19H,11H2,1-2H3. The van der Waals surface area contributed by atoms with Gasteiger partial charge in [-0.25, -0.2) is 4.98 Å². The Morgan fingerprint density at radius 1 is 1.29 bits per heavy atom. The SMILES string of the molecule is COc1ncccc1NC(C)c1ccc(OCC#N)cc1. The highest BCUT2D eigenvalue weighted by Gasteiger charge is 2.09. The number of pyridine rings is 1. The number of benzene rings is 1. The van der Waals surface area contributed by atoms with Gasteiger partial charge in [-0.3, -0.25) is 0 Å². The lowest BCUT2D eigenvalue weighted by Crippen LogP contribution is -2.08. The maximum atomic E-state index is 8.48. The summed E-state index contributed by atoms with van der Waals surface area (Å²) in [5.74, 6) is 1.25. The Bertz CT molecular complexity index is 620. The molecule has 0 bridgehead atoms. The minimum Gasteiger partial charge on any atom is -0.480 e. The van der Waals surface area contributed by atoms with E-state index in [1.807, 2.05) is 42.5 Å². The summed E-state index contributed by atoms with van der Waals surface area (Å²) in [5.41, 5.74) is 1.95. The molecule has 0 fully saturated rings. The third kappa shape index (κ3) is 3.86. The molecule has 2 aromatic rings. The van der Waals surface area contributed by atoms with Crippen molar-refractivity contribution in [3.05, 3.63) is 48.2 Å². The van der Waals surface area contributed by atoms with Crippen LogP contribution in [0.4, 0.5) is 5.69 Å². The summed E-state index contributed by atoms with van der Waals surface area (Å²) in [6, 6.07) is 13.5. The molecule has 0 aliphatic rings. The van der Waals surface area contributed by atoms with Gasteiger partial charge in [0.15, 0.2) is 6.61 Å². The van der Waals surface area contributed by atoms with Crippen molar-refractivity contribution < 1.29 is 9.47 Å². The summed E-state index contributed by atoms with van der Waals surface area (Å²) >= 11 is 0. The number of aromatic nitrogens is 1. The lowest BCUT2D eigenvalue weighted by atomic mass is 10.1. The third-order valence-corrected chi connectivity index (χ3v) is 3.02. The van der Waals surface area contributed by atoms with Crippen LogP contribution in [-0.4, -0.2) is 18.7 Å². The van der Waals surface area contributed by atoms with Crippen LogP contribution in [0.1, 0.15) is 18.5 Å². The van der Waals surface area contributed by atoms with E-state index in [4.69, 9.17) is 14.7 Å². The molecular weight excluding hydrogens is 266 g/mol. The average Bonchev–Trinajstić information content (AvgIpc) is 2.54. The quantitative estimate of drug-likeness (QED) is 0.882. The predicted octanol–water partition coefficient (Wildman–Crippen LogP) is 3.17. The van der Waals surface area contributed by atoms with E-state index in [1.165, 1.54) is 0 Å². The molecule has 1 aromatic heterocycles. The molecule has 1 aromatic carbocycles. The largest absolute Gasteiger partial charge is 0.480 e. The Labute approximate surface area is 124 Å². The lowest BCUT2D eigenvalue weighted by molar-refractivity contribution is 0.368. The summed E-state index contributed by atoms with van der Waals surface area (Å²) in [5, 5.41) is 11.8. The fourth-order valence-corrected chi connectivity index (χ4v) is 1.95. The number of ether oxygens (including phenoxy) is 2. The van der Waals surface area contributed by atoms with Gasteiger partial charge in [0, 0.05) is 12.2 Å². The van der Waals surface area contributed by atoms with Crippen LogP contribution >= 0.6 is 0 Å². The molecule has 0 saturated carbocycles. The van der Waals surface area contributed by atoms with Crippen LogP contribution in [0.5, 0.6) is 11.6 Å². The first-order chi connectivity index (χ1) is 10.2. The first-order valence-corrected chi connectivity index (χ1v) is 6.60. The Morgan fingerprint density at radius 3 is 2.71 bits per heavy atom. The molecule has 1 atom stereocenters. The second kappa shape index (κ2) is 7.15. The zero-order chi connectivity index (χ0) is 15.1. The summed E-state index contributed by atoms with van der Waals surface area (Å²) in [4.78, 5) is 4.16. The average molecular weight is 283 g/mol. The van der Waals surface area contributed by atoms with E-state index in [9.17, 15) is 0 Å². The van der Waals surface area contributed by atoms with Gasteiger partial charge in [-0.05, 0) is 36.8 Å². The van der Waals surface area contributed by atoms with Gasteiger partial charge in [-0.15, -0.1) is 0 Å². The van der Waals surface area contributed by atoms with Crippen LogP contribution in [-0.2, 0) is 0 Å². The first kappa shape index (κ1) is 14.7. The molecule has 108 valence electrons. The Balaban J connectivity index is 2.06. The molecule has 0 amide bonds. The Morgan fingerprint density at radius 2 is 2.05 bits per heavy atom. The second-order valence-corrected chi connectivity index (χ2v) is 4.44. The first-order valence-electron chi connectivity index (χ1n) is 6.60. The summed E-state index contributed by atoms with van der Waals surface area (Å²) in [6.45, 7) is 2.11. The van der Waals surface area contributed by atoms with E-state index in [0.29, 0.717) is 11.6 Å². The highest BCUT2D eigenvalue weighted by atomic mass is 16.5. The van der Waals surface area contributed by atoms with Crippen molar-refractivity contribution in [3.63, 3.8) is 0 Å². The van der Waals surface area contributed by atoms with E-state index in [2.05, 4.69) is 17.2 Å². The second-order valence-electron chi connectivity index (χ2n) is 4.44. The van der Waals surface area contributed by atoms with Crippen LogP contribution in [0.3, 0.4) is 0 Å². The van der Waals surface area contributed by atoms with Gasteiger partial charge in [-0.1, -0.05) is 12.1 Å². The molecule has 1 N–H and O–H groups in total. The number of hydrogen-bond acceptors (Lipinski definition) is 5. The van der Waals surface area contributed by atoms with Gasteiger partial charge < -0.3 is 14.8 Å². The summed E-state index contributed by atoms with van der Waals surface area (Å²) in [6.07, 6.45) is 1.69. The number of nitrogens with one attached hydrogen (secondary N) is 1. The normalized spacial score (nSPS) is 11.3. The monoisotopic (exact) mass is 283 g/mol. The molecule has 0 radical (unpaired) electrons. The minimum absolute atomic E-state index is 0.0556. The number of nitrogens with zero attached hydrogens (tertiary/aromatic N) is 2. The topological polar surface area (TPSA) is 67.2 Å². The fourth-order valence-electron chi connectivity index (χ4n) is 1.95. The van der Waals surface area contributed by atoms with Crippen molar-refractivity contribution in [3.8, 4) is 17.7 Å². The minimum atomic E-state index is 0.0556. The van der Waals surface area contributed by atoms with Crippen molar-refractivity contribution in [1.82, 2.24) is 4.98 Å². The molecule has 0 aliphatic carbocycles. The van der Waals surface area contributed by atoms with Crippen LogP contribution in [0, 0.1) is 11.3 Å². The van der Waals surface area contributed by atoms with E-state index >= 15 is 0 Å². The molecule has 5 heteroatoms. The molecule has 2 rings (SSSR count). The van der Waals surface area contributed by atoms with E-state index in [1.54, 1.807) is 13.3 Å². The third-order valence-electron chi connectivity index (χ3n) is 3.02. The summed E-state index contributed by atoms with van der Waals surface area (Å²) < 4.78 is 10.5. The highest BCUT2D eigenvalue weighted by Crippen LogP contribution is 2.26. The molecule has 1 unspecified atom stereocenters. The fraction of sp³-hybridized carbons (Fsp3) is 0.250. The van der Waals surface area contributed by atoms with Crippen molar-refractivity contribution >= 4 is 5.69 Å². The molecule has 0 aliphatic heterocycles. The van der Waals surface area contributed by atoms with E-state index in [0.717, 1.165) is 11.3 Å². The highest BCUT2D eigenvalue weighted by molar-refractivity contribution is 5.53. The van der Waals surface area contributed by atoms with Gasteiger partial charge in [0.2, 0.25) is 5.88 Å². The predicted molar refractivity (Wildman–Crippen MR) is 80.4 cm³/mol. The molecule has 21 heavy (non-hydrogen) atoms. The summed E-state index contributed by atoms with van der Waals surface area (Å²) in [7, 11) is 1.60. The molecule has 0 saturated heterocycles. The zero-order valence-corrected chi connectivity index (χ0v) is 12.0. The Hall–Kier alpha value is -2.74. The van der Waals surface area contributed by atoms with Crippen LogP contribution in [0.15, 0.2) is 42.6 Å². The van der Waals surface area contributed by atoms with E-state index in [-0.39, 0.29) is 12.6 Å². The van der Waals surface area contributed by atoms with Crippen molar-refractivity contribution in [2.24, 2.45) is 0 Å². The van der Waals surface area contributed by atoms with Gasteiger partial charge in [0.1, 0.15) is 11.8 Å². The van der Waals surface area contributed by atoms with Gasteiger partial charge in [-0.2, -0.15) is 5.26 Å². The number of anilines is 1. The van der Waals surface area contributed by atoms with Gasteiger partial charge >= 0.3 is 0 Å². The van der Waals surface area contributed by atoms with Crippen molar-refractivity contribution in [2.45, 2.75) is 13.0 Å². The maximum Gasteiger partial charge on any atom is 0.237 e. The Kier molecular flexibility index (Phi) is 4.99. The molecule has 1 heterocycles. The number of methoxy groups -OCH3 is 1. The van der Waals surface area contributed by atoms with Crippen LogP contribution in [0.2, 0.25) is 0 Å². The van der Waals surface area contributed by atoms with Gasteiger partial charge in [0.05, 0.1) is 12.8 Å². The van der Waals surface area contributed by atoms with E-state index < -0.39 is 0 Å². The molecule has 0 spiro atoms. The van der Waals surface area contributed by atoms with Crippen LogP contribution in [0.25, 0.3) is 0 Å². The molecule has 5 nitrogen and oxygen atoms in total. The number of hydrogen-bond donors (Lipinski definition) is 1. The smallest absolute Gasteiger partial charge is 0.237 e. The number of nitriles is 1.